The van der Waals surface area contributed by atoms with Gasteiger partial charge in [-0.25, -0.2) is 15.0 Å². The van der Waals surface area contributed by atoms with Gasteiger partial charge in [0.2, 0.25) is 0 Å². The Labute approximate surface area is 176 Å². The van der Waals surface area contributed by atoms with Crippen molar-refractivity contribution in [2.45, 2.75) is 32.2 Å². The van der Waals surface area contributed by atoms with Gasteiger partial charge in [0.25, 0.3) is 0 Å². The van der Waals surface area contributed by atoms with Crippen molar-refractivity contribution >= 4 is 35.6 Å². The van der Waals surface area contributed by atoms with Crippen LogP contribution in [0.25, 0.3) is 5.82 Å². The SMILES string of the molecule is I.NC(=NCc1ccc(-n2ccnc2)nc1)Nc1cccc2c1CCCC2. The summed E-state index contributed by atoms with van der Waals surface area (Å²) in [6.45, 7) is 0.491. The van der Waals surface area contributed by atoms with Gasteiger partial charge in [-0.1, -0.05) is 18.2 Å². The number of aromatic nitrogens is 3. The zero-order valence-corrected chi connectivity index (χ0v) is 17.3. The van der Waals surface area contributed by atoms with E-state index < -0.39 is 0 Å². The molecule has 0 radical (unpaired) electrons. The van der Waals surface area contributed by atoms with Gasteiger partial charge in [0.15, 0.2) is 5.96 Å². The Bertz CT molecular complexity index is 903. The van der Waals surface area contributed by atoms with Gasteiger partial charge in [-0.3, -0.25) is 4.57 Å². The van der Waals surface area contributed by atoms with Gasteiger partial charge in [0, 0.05) is 24.3 Å². The fraction of sp³-hybridized carbons (Fsp3) is 0.250. The molecule has 0 bridgehead atoms. The molecule has 0 spiro atoms. The maximum Gasteiger partial charge on any atom is 0.193 e. The number of nitrogens with two attached hydrogens (primary N) is 1. The van der Waals surface area contributed by atoms with Crippen LogP contribution in [0.3, 0.4) is 0 Å². The third-order valence-electron chi connectivity index (χ3n) is 4.67. The molecule has 4 rings (SSSR count). The van der Waals surface area contributed by atoms with Crippen LogP contribution in [0.15, 0.2) is 60.2 Å². The van der Waals surface area contributed by atoms with Gasteiger partial charge in [-0.05, 0) is 54.5 Å². The quantitative estimate of drug-likeness (QED) is 0.344. The molecule has 0 aliphatic heterocycles. The summed E-state index contributed by atoms with van der Waals surface area (Å²) < 4.78 is 1.86. The van der Waals surface area contributed by atoms with Gasteiger partial charge in [-0.2, -0.15) is 0 Å². The molecule has 2 heterocycles. The second-order valence-corrected chi connectivity index (χ2v) is 6.47. The topological polar surface area (TPSA) is 81.1 Å². The van der Waals surface area contributed by atoms with E-state index in [1.807, 2.05) is 29.1 Å². The average molecular weight is 474 g/mol. The van der Waals surface area contributed by atoms with Gasteiger partial charge in [0.05, 0.1) is 6.54 Å². The van der Waals surface area contributed by atoms with E-state index in [4.69, 9.17) is 5.73 Å². The molecule has 140 valence electrons. The lowest BCUT2D eigenvalue weighted by atomic mass is 9.90. The summed E-state index contributed by atoms with van der Waals surface area (Å²) in [6, 6.07) is 10.3. The third-order valence-corrected chi connectivity index (χ3v) is 4.67. The van der Waals surface area contributed by atoms with Crippen molar-refractivity contribution in [3.63, 3.8) is 0 Å². The summed E-state index contributed by atoms with van der Waals surface area (Å²) in [5.74, 6) is 1.26. The van der Waals surface area contributed by atoms with Crippen molar-refractivity contribution < 1.29 is 0 Å². The molecule has 0 fully saturated rings. The van der Waals surface area contributed by atoms with Crippen LogP contribution in [-0.4, -0.2) is 20.5 Å². The molecular formula is C20H23IN6. The Hall–Kier alpha value is -2.42. The van der Waals surface area contributed by atoms with E-state index in [1.54, 1.807) is 12.5 Å². The van der Waals surface area contributed by atoms with E-state index in [2.05, 4.69) is 38.5 Å². The standard InChI is InChI=1S/C20H22N6.HI/c21-20(25-18-7-3-5-16-4-1-2-6-17(16)18)24-13-15-8-9-19(23-12-15)26-11-10-22-14-26;/h3,5,7-12,14H,1-2,4,6,13H2,(H3,21,24,25);1H. The smallest absolute Gasteiger partial charge is 0.193 e. The molecule has 0 saturated carbocycles. The number of rotatable bonds is 4. The number of fused-ring (bicyclic) bond motifs is 1. The predicted molar refractivity (Wildman–Crippen MR) is 119 cm³/mol. The molecule has 3 N–H and O–H groups in total. The van der Waals surface area contributed by atoms with E-state index in [0.717, 1.165) is 29.9 Å². The Morgan fingerprint density at radius 3 is 2.85 bits per heavy atom. The normalized spacial score (nSPS) is 13.6. The van der Waals surface area contributed by atoms with Crippen LogP contribution in [0.4, 0.5) is 5.69 Å². The van der Waals surface area contributed by atoms with E-state index in [-0.39, 0.29) is 24.0 Å². The molecule has 27 heavy (non-hydrogen) atoms. The number of nitrogens with one attached hydrogen (secondary N) is 1. The van der Waals surface area contributed by atoms with Crippen LogP contribution in [0.5, 0.6) is 0 Å². The Balaban J connectivity index is 0.00000210. The number of halogens is 1. The number of benzene rings is 1. The summed E-state index contributed by atoms with van der Waals surface area (Å²) in [4.78, 5) is 12.9. The van der Waals surface area contributed by atoms with Gasteiger partial charge in [-0.15, -0.1) is 24.0 Å². The number of guanidine groups is 1. The number of imidazole rings is 1. The number of pyridine rings is 1. The maximum atomic E-state index is 6.10. The molecule has 7 heteroatoms. The lowest BCUT2D eigenvalue weighted by Gasteiger charge is -2.19. The second-order valence-electron chi connectivity index (χ2n) is 6.47. The average Bonchev–Trinajstić information content (AvgIpc) is 3.22. The first-order valence-corrected chi connectivity index (χ1v) is 8.90. The Morgan fingerprint density at radius 2 is 2.07 bits per heavy atom. The molecule has 1 aliphatic carbocycles. The summed E-state index contributed by atoms with van der Waals surface area (Å²) in [6.07, 6.45) is 11.9. The highest BCUT2D eigenvalue weighted by Crippen LogP contribution is 2.27. The lowest BCUT2D eigenvalue weighted by molar-refractivity contribution is 0.687. The number of anilines is 1. The number of hydrogen-bond donors (Lipinski definition) is 2. The van der Waals surface area contributed by atoms with E-state index in [9.17, 15) is 0 Å². The molecule has 0 saturated heterocycles. The predicted octanol–water partition coefficient (Wildman–Crippen LogP) is 3.69. The number of aryl methyl sites for hydroxylation is 1. The molecule has 1 aromatic carbocycles. The van der Waals surface area contributed by atoms with Crippen LogP contribution in [0.2, 0.25) is 0 Å². The lowest BCUT2D eigenvalue weighted by Crippen LogP contribution is -2.24. The van der Waals surface area contributed by atoms with Crippen molar-refractivity contribution in [3.8, 4) is 5.82 Å². The van der Waals surface area contributed by atoms with Gasteiger partial charge >= 0.3 is 0 Å². The van der Waals surface area contributed by atoms with Gasteiger partial charge < -0.3 is 11.1 Å². The first kappa shape index (κ1) is 19.3. The summed E-state index contributed by atoms with van der Waals surface area (Å²) >= 11 is 0. The van der Waals surface area contributed by atoms with Crippen molar-refractivity contribution in [3.05, 3.63) is 71.9 Å². The van der Waals surface area contributed by atoms with Crippen LogP contribution < -0.4 is 11.1 Å². The van der Waals surface area contributed by atoms with E-state index in [1.165, 1.54) is 24.0 Å². The molecule has 0 atom stereocenters. The second kappa shape index (κ2) is 8.98. The van der Waals surface area contributed by atoms with Crippen LogP contribution >= 0.6 is 24.0 Å². The zero-order valence-electron chi connectivity index (χ0n) is 15.0. The Morgan fingerprint density at radius 1 is 1.19 bits per heavy atom. The van der Waals surface area contributed by atoms with Crippen LogP contribution in [-0.2, 0) is 19.4 Å². The number of aliphatic imine (C=N–C) groups is 1. The minimum atomic E-state index is 0. The van der Waals surface area contributed by atoms with Crippen LogP contribution in [0.1, 0.15) is 29.5 Å². The molecule has 0 amide bonds. The Kier molecular flexibility index (Phi) is 6.44. The number of hydrogen-bond acceptors (Lipinski definition) is 3. The first-order valence-electron chi connectivity index (χ1n) is 8.90. The molecular weight excluding hydrogens is 451 g/mol. The van der Waals surface area contributed by atoms with Crippen molar-refractivity contribution in [2.24, 2.45) is 10.7 Å². The van der Waals surface area contributed by atoms with Crippen molar-refractivity contribution in [1.82, 2.24) is 14.5 Å². The highest BCUT2D eigenvalue weighted by molar-refractivity contribution is 14.0. The molecule has 0 unspecified atom stereocenters. The fourth-order valence-electron chi connectivity index (χ4n) is 3.31. The van der Waals surface area contributed by atoms with Crippen LogP contribution in [0, 0.1) is 0 Å². The molecule has 1 aliphatic rings. The highest BCUT2D eigenvalue weighted by atomic mass is 127. The third kappa shape index (κ3) is 4.65. The van der Waals surface area contributed by atoms with E-state index >= 15 is 0 Å². The highest BCUT2D eigenvalue weighted by Gasteiger charge is 2.13. The van der Waals surface area contributed by atoms with Gasteiger partial charge in [0.1, 0.15) is 12.1 Å². The summed E-state index contributed by atoms with van der Waals surface area (Å²) in [5, 5.41) is 3.27. The van der Waals surface area contributed by atoms with E-state index in [0.29, 0.717) is 12.5 Å². The molecule has 3 aromatic rings. The zero-order chi connectivity index (χ0) is 17.8. The molecule has 2 aromatic heterocycles. The summed E-state index contributed by atoms with van der Waals surface area (Å²) in [5.41, 5.74) is 11.0. The molecule has 6 nitrogen and oxygen atoms in total. The largest absolute Gasteiger partial charge is 0.370 e. The van der Waals surface area contributed by atoms with Crippen molar-refractivity contribution in [1.29, 1.82) is 0 Å². The monoisotopic (exact) mass is 474 g/mol. The minimum Gasteiger partial charge on any atom is -0.370 e. The summed E-state index contributed by atoms with van der Waals surface area (Å²) in [7, 11) is 0. The minimum absolute atomic E-state index is 0. The fourth-order valence-corrected chi connectivity index (χ4v) is 3.31. The van der Waals surface area contributed by atoms with Crippen molar-refractivity contribution in [2.75, 3.05) is 5.32 Å². The first-order chi connectivity index (χ1) is 12.8. The maximum absolute atomic E-state index is 6.10. The number of nitrogens with zero attached hydrogens (tertiary/aromatic N) is 4.